The molecule has 0 aliphatic rings. The van der Waals surface area contributed by atoms with Gasteiger partial charge in [0.15, 0.2) is 0 Å². The summed E-state index contributed by atoms with van der Waals surface area (Å²) in [7, 11) is -4.13. The van der Waals surface area contributed by atoms with Crippen molar-refractivity contribution in [2.24, 2.45) is 0 Å². The van der Waals surface area contributed by atoms with Crippen LogP contribution in [-0.4, -0.2) is 8.42 Å². The van der Waals surface area contributed by atoms with Crippen LogP contribution in [0.4, 0.5) is 13.2 Å². The van der Waals surface area contributed by atoms with E-state index in [1.807, 2.05) is 0 Å². The Hall–Kier alpha value is -1.86. The average molecular weight is 301 g/mol. The molecule has 0 radical (unpaired) electrons. The molecule has 3 nitrogen and oxygen atoms in total. The van der Waals surface area contributed by atoms with Gasteiger partial charge in [-0.15, -0.1) is 0 Å². The molecule has 0 aromatic heterocycles. The van der Waals surface area contributed by atoms with Crippen molar-refractivity contribution in [3.63, 3.8) is 0 Å². The van der Waals surface area contributed by atoms with E-state index in [4.69, 9.17) is 0 Å². The smallest absolute Gasteiger partial charge is 0.207 e. The molecule has 7 heteroatoms. The second-order valence-electron chi connectivity index (χ2n) is 4.03. The van der Waals surface area contributed by atoms with Gasteiger partial charge in [0.05, 0.1) is 0 Å². The van der Waals surface area contributed by atoms with Gasteiger partial charge in [-0.05, 0) is 29.8 Å². The first-order chi connectivity index (χ1) is 9.38. The summed E-state index contributed by atoms with van der Waals surface area (Å²) in [4.78, 5) is -0.657. The minimum absolute atomic E-state index is 0.198. The fourth-order valence-corrected chi connectivity index (χ4v) is 2.67. The van der Waals surface area contributed by atoms with Crippen LogP contribution in [0, 0.1) is 17.5 Å². The van der Waals surface area contributed by atoms with Gasteiger partial charge in [-0.25, -0.2) is 26.3 Å². The lowest BCUT2D eigenvalue weighted by molar-refractivity contribution is 0.542. The Bertz CT molecular complexity index is 732. The number of hydrogen-bond acceptors (Lipinski definition) is 2. The maximum absolute atomic E-state index is 13.4. The molecular weight excluding hydrogens is 291 g/mol. The van der Waals surface area contributed by atoms with Gasteiger partial charge in [0.2, 0.25) is 10.0 Å². The van der Waals surface area contributed by atoms with E-state index in [9.17, 15) is 21.6 Å². The Morgan fingerprint density at radius 2 is 1.65 bits per heavy atom. The number of rotatable bonds is 4. The van der Waals surface area contributed by atoms with Gasteiger partial charge in [0.1, 0.15) is 22.3 Å². The van der Waals surface area contributed by atoms with Crippen molar-refractivity contribution in [3.8, 4) is 0 Å². The molecule has 1 N–H and O–H groups in total. The minimum Gasteiger partial charge on any atom is -0.207 e. The molecule has 0 heterocycles. The van der Waals surface area contributed by atoms with Crippen molar-refractivity contribution in [3.05, 3.63) is 65.5 Å². The van der Waals surface area contributed by atoms with Crippen LogP contribution in [0.2, 0.25) is 0 Å². The molecule has 106 valence electrons. The predicted molar refractivity (Wildman–Crippen MR) is 66.8 cm³/mol. The van der Waals surface area contributed by atoms with E-state index in [0.717, 1.165) is 18.2 Å². The van der Waals surface area contributed by atoms with E-state index in [0.29, 0.717) is 11.6 Å². The third-order valence-corrected chi connectivity index (χ3v) is 3.97. The molecule has 2 aromatic rings. The SMILES string of the molecule is O=S(=O)(NCc1cccc(F)c1)c1ccc(F)cc1F. The molecule has 0 amide bonds. The van der Waals surface area contributed by atoms with Gasteiger partial charge < -0.3 is 0 Å². The normalized spacial score (nSPS) is 11.6. The number of sulfonamides is 1. The van der Waals surface area contributed by atoms with E-state index in [2.05, 4.69) is 4.72 Å². The molecule has 0 fully saturated rings. The lowest BCUT2D eigenvalue weighted by Crippen LogP contribution is -2.24. The highest BCUT2D eigenvalue weighted by molar-refractivity contribution is 7.89. The van der Waals surface area contributed by atoms with E-state index in [1.54, 1.807) is 0 Å². The van der Waals surface area contributed by atoms with Crippen molar-refractivity contribution in [1.82, 2.24) is 4.72 Å². The number of hydrogen-bond donors (Lipinski definition) is 1. The van der Waals surface area contributed by atoms with Gasteiger partial charge >= 0.3 is 0 Å². The Morgan fingerprint density at radius 1 is 0.950 bits per heavy atom. The van der Waals surface area contributed by atoms with Gasteiger partial charge in [0.25, 0.3) is 0 Å². The summed E-state index contributed by atoms with van der Waals surface area (Å²) in [6.07, 6.45) is 0. The molecule has 0 spiro atoms. The summed E-state index contributed by atoms with van der Waals surface area (Å²) in [5, 5.41) is 0. The molecule has 20 heavy (non-hydrogen) atoms. The van der Waals surface area contributed by atoms with Crippen LogP contribution in [0.25, 0.3) is 0 Å². The molecular formula is C13H10F3NO2S. The summed E-state index contributed by atoms with van der Waals surface area (Å²) in [6.45, 7) is -0.198. The summed E-state index contributed by atoms with van der Waals surface area (Å²) >= 11 is 0. The first-order valence-corrected chi connectivity index (χ1v) is 7.06. The van der Waals surface area contributed by atoms with Crippen molar-refractivity contribution < 1.29 is 21.6 Å². The molecule has 2 rings (SSSR count). The quantitative estimate of drug-likeness (QED) is 0.943. The summed E-state index contributed by atoms with van der Waals surface area (Å²) in [6, 6.07) is 7.49. The Labute approximate surface area is 114 Å². The lowest BCUT2D eigenvalue weighted by atomic mass is 10.2. The predicted octanol–water partition coefficient (Wildman–Crippen LogP) is 2.58. The maximum atomic E-state index is 13.4. The molecule has 2 aromatic carbocycles. The Morgan fingerprint density at radius 3 is 2.30 bits per heavy atom. The zero-order valence-corrected chi connectivity index (χ0v) is 10.9. The highest BCUT2D eigenvalue weighted by atomic mass is 32.2. The van der Waals surface area contributed by atoms with Crippen molar-refractivity contribution >= 4 is 10.0 Å². The third kappa shape index (κ3) is 3.37. The fourth-order valence-electron chi connectivity index (χ4n) is 1.60. The Kier molecular flexibility index (Phi) is 4.10. The topological polar surface area (TPSA) is 46.2 Å². The molecule has 0 atom stereocenters. The first kappa shape index (κ1) is 14.5. The summed E-state index contributed by atoms with van der Waals surface area (Å²) in [5.74, 6) is -2.56. The van der Waals surface area contributed by atoms with Gasteiger partial charge in [-0.3, -0.25) is 0 Å². The molecule has 0 saturated carbocycles. The minimum atomic E-state index is -4.13. The van der Waals surface area contributed by atoms with E-state index < -0.39 is 32.4 Å². The molecule has 0 aliphatic heterocycles. The van der Waals surface area contributed by atoms with Gasteiger partial charge in [-0.1, -0.05) is 12.1 Å². The average Bonchev–Trinajstić information content (AvgIpc) is 2.36. The number of halogens is 3. The maximum Gasteiger partial charge on any atom is 0.243 e. The van der Waals surface area contributed by atoms with Gasteiger partial charge in [0, 0.05) is 12.6 Å². The van der Waals surface area contributed by atoms with Crippen LogP contribution in [-0.2, 0) is 16.6 Å². The molecule has 0 bridgehead atoms. The highest BCUT2D eigenvalue weighted by Gasteiger charge is 2.19. The number of nitrogens with one attached hydrogen (secondary N) is 1. The van der Waals surface area contributed by atoms with Crippen LogP contribution >= 0.6 is 0 Å². The second kappa shape index (κ2) is 5.64. The fraction of sp³-hybridized carbons (Fsp3) is 0.0769. The van der Waals surface area contributed by atoms with Crippen molar-refractivity contribution in [1.29, 1.82) is 0 Å². The summed E-state index contributed by atoms with van der Waals surface area (Å²) in [5.41, 5.74) is 0.385. The van der Waals surface area contributed by atoms with Crippen molar-refractivity contribution in [2.75, 3.05) is 0 Å². The molecule has 0 saturated heterocycles. The van der Waals surface area contributed by atoms with E-state index >= 15 is 0 Å². The van der Waals surface area contributed by atoms with Crippen LogP contribution in [0.3, 0.4) is 0 Å². The van der Waals surface area contributed by atoms with Gasteiger partial charge in [-0.2, -0.15) is 0 Å². The first-order valence-electron chi connectivity index (χ1n) is 5.58. The zero-order chi connectivity index (χ0) is 14.8. The third-order valence-electron chi connectivity index (χ3n) is 2.54. The molecule has 0 unspecified atom stereocenters. The van der Waals surface area contributed by atoms with Crippen LogP contribution in [0.5, 0.6) is 0 Å². The second-order valence-corrected chi connectivity index (χ2v) is 5.76. The highest BCUT2D eigenvalue weighted by Crippen LogP contribution is 2.15. The van der Waals surface area contributed by atoms with E-state index in [-0.39, 0.29) is 6.54 Å². The van der Waals surface area contributed by atoms with Crippen LogP contribution in [0.1, 0.15) is 5.56 Å². The number of benzene rings is 2. The van der Waals surface area contributed by atoms with Crippen LogP contribution < -0.4 is 4.72 Å². The van der Waals surface area contributed by atoms with E-state index in [1.165, 1.54) is 18.2 Å². The monoisotopic (exact) mass is 301 g/mol. The largest absolute Gasteiger partial charge is 0.243 e. The standard InChI is InChI=1S/C13H10F3NO2S/c14-10-3-1-2-9(6-10)8-17-20(18,19)13-5-4-11(15)7-12(13)16/h1-7,17H,8H2. The zero-order valence-electron chi connectivity index (χ0n) is 10.1. The van der Waals surface area contributed by atoms with Crippen molar-refractivity contribution in [2.45, 2.75) is 11.4 Å². The lowest BCUT2D eigenvalue weighted by Gasteiger charge is -2.08. The van der Waals surface area contributed by atoms with Crippen LogP contribution in [0.15, 0.2) is 47.4 Å². The Balaban J connectivity index is 2.19. The summed E-state index contributed by atoms with van der Waals surface area (Å²) < 4.78 is 64.9. The molecule has 0 aliphatic carbocycles.